The predicted molar refractivity (Wildman–Crippen MR) is 100 cm³/mol. The van der Waals surface area contributed by atoms with E-state index < -0.39 is 0 Å². The maximum atomic E-state index is 12.8. The number of aromatic nitrogens is 2. The summed E-state index contributed by atoms with van der Waals surface area (Å²) in [6.45, 7) is 5.48. The zero-order valence-electron chi connectivity index (χ0n) is 15.1. The molecule has 1 saturated heterocycles. The molecule has 0 saturated carbocycles. The van der Waals surface area contributed by atoms with Crippen LogP contribution in [0.2, 0.25) is 0 Å². The van der Waals surface area contributed by atoms with Gasteiger partial charge in [-0.15, -0.1) is 0 Å². The van der Waals surface area contributed by atoms with Gasteiger partial charge in [-0.1, -0.05) is 19.1 Å². The van der Waals surface area contributed by atoms with Crippen LogP contribution in [0.15, 0.2) is 36.8 Å². The first-order valence-electron chi connectivity index (χ1n) is 8.98. The van der Waals surface area contributed by atoms with E-state index in [1.54, 1.807) is 17.1 Å². The van der Waals surface area contributed by atoms with Gasteiger partial charge in [-0.3, -0.25) is 4.57 Å². The molecule has 6 nitrogen and oxygen atoms in total. The predicted octanol–water partition coefficient (Wildman–Crippen LogP) is 2.91. The summed E-state index contributed by atoms with van der Waals surface area (Å²) >= 11 is 0. The van der Waals surface area contributed by atoms with E-state index >= 15 is 0 Å². The number of hydrogen-bond acceptors (Lipinski definition) is 4. The van der Waals surface area contributed by atoms with Gasteiger partial charge in [0.05, 0.1) is 5.69 Å². The highest BCUT2D eigenvalue weighted by molar-refractivity contribution is 5.78. The van der Waals surface area contributed by atoms with Gasteiger partial charge in [-0.25, -0.2) is 9.78 Å². The smallest absolute Gasteiger partial charge is 0.329 e. The minimum atomic E-state index is -0.0309. The maximum absolute atomic E-state index is 12.8. The minimum absolute atomic E-state index is 0.0309. The quantitative estimate of drug-likeness (QED) is 0.868. The van der Waals surface area contributed by atoms with Gasteiger partial charge in [0.15, 0.2) is 0 Å². The lowest BCUT2D eigenvalue weighted by Crippen LogP contribution is -2.46. The normalized spacial score (nSPS) is 16.1. The molecular weight excluding hydrogens is 314 g/mol. The number of piperidine rings is 1. The Morgan fingerprint density at radius 2 is 2.12 bits per heavy atom. The Labute approximate surface area is 149 Å². The lowest BCUT2D eigenvalue weighted by molar-refractivity contribution is 0.135. The molecule has 3 rings (SSSR count). The summed E-state index contributed by atoms with van der Waals surface area (Å²) in [4.78, 5) is 21.5. The highest BCUT2D eigenvalue weighted by atomic mass is 16.2. The van der Waals surface area contributed by atoms with E-state index in [0.29, 0.717) is 11.7 Å². The fourth-order valence-corrected chi connectivity index (χ4v) is 3.46. The Hall–Kier alpha value is -2.34. The average molecular weight is 341 g/mol. The lowest BCUT2D eigenvalue weighted by atomic mass is 10.0. The molecule has 1 aromatic heterocycles. The molecule has 0 aliphatic carbocycles. The van der Waals surface area contributed by atoms with E-state index in [-0.39, 0.29) is 6.03 Å². The molecule has 1 aromatic carbocycles. The van der Waals surface area contributed by atoms with E-state index in [0.717, 1.165) is 43.7 Å². The van der Waals surface area contributed by atoms with Crippen molar-refractivity contribution in [2.45, 2.75) is 32.2 Å². The summed E-state index contributed by atoms with van der Waals surface area (Å²) in [5, 5.41) is 0. The summed E-state index contributed by atoms with van der Waals surface area (Å²) in [6, 6.07) is 7.80. The van der Waals surface area contributed by atoms with Gasteiger partial charge in [0, 0.05) is 43.6 Å². The van der Waals surface area contributed by atoms with Gasteiger partial charge in [0.25, 0.3) is 0 Å². The molecule has 0 radical (unpaired) electrons. The molecule has 0 unspecified atom stereocenters. The van der Waals surface area contributed by atoms with Crippen LogP contribution in [0.4, 0.5) is 10.5 Å². The first-order valence-corrected chi connectivity index (χ1v) is 8.98. The van der Waals surface area contributed by atoms with Gasteiger partial charge in [-0.2, -0.15) is 0 Å². The molecule has 0 atom stereocenters. The molecule has 1 aliphatic heterocycles. The molecule has 2 N–H and O–H groups in total. The van der Waals surface area contributed by atoms with Crippen molar-refractivity contribution in [1.82, 2.24) is 19.4 Å². The summed E-state index contributed by atoms with van der Waals surface area (Å²) < 4.78 is 1.57. The number of anilines is 1. The molecule has 1 aliphatic rings. The minimum Gasteiger partial charge on any atom is -0.399 e. The number of rotatable bonds is 4. The Balaban J connectivity index is 1.65. The van der Waals surface area contributed by atoms with Crippen LogP contribution in [0.25, 0.3) is 11.3 Å². The Morgan fingerprint density at radius 3 is 2.80 bits per heavy atom. The van der Waals surface area contributed by atoms with Crippen molar-refractivity contribution in [3.05, 3.63) is 36.8 Å². The van der Waals surface area contributed by atoms with Crippen molar-refractivity contribution < 1.29 is 4.79 Å². The highest BCUT2D eigenvalue weighted by Crippen LogP contribution is 2.21. The van der Waals surface area contributed by atoms with E-state index in [4.69, 9.17) is 5.73 Å². The number of amides is 1. The molecule has 0 spiro atoms. The fraction of sp³-hybridized carbons (Fsp3) is 0.474. The topological polar surface area (TPSA) is 67.4 Å². The van der Waals surface area contributed by atoms with E-state index in [1.165, 1.54) is 6.42 Å². The van der Waals surface area contributed by atoms with E-state index in [9.17, 15) is 4.79 Å². The number of carbonyl (C=O) groups excluding carboxylic acids is 1. The van der Waals surface area contributed by atoms with Gasteiger partial charge in [-0.05, 0) is 37.9 Å². The standard InChI is InChI=1S/C19H27N5O/c1-3-9-23-10-7-17(8-11-23)22(2)19(25)24-13-18(21-14-24)15-5-4-6-16(20)12-15/h4-6,12-14,17H,3,7-11,20H2,1-2H3. The first-order chi connectivity index (χ1) is 12.1. The van der Waals surface area contributed by atoms with Gasteiger partial charge < -0.3 is 15.5 Å². The second kappa shape index (κ2) is 7.70. The van der Waals surface area contributed by atoms with Crippen LogP contribution in [0.1, 0.15) is 26.2 Å². The summed E-state index contributed by atoms with van der Waals surface area (Å²) in [6.07, 6.45) is 6.60. The number of nitrogens with zero attached hydrogens (tertiary/aromatic N) is 4. The maximum Gasteiger partial charge on any atom is 0.329 e. The van der Waals surface area contributed by atoms with Gasteiger partial charge in [0.1, 0.15) is 6.33 Å². The van der Waals surface area contributed by atoms with E-state index in [1.807, 2.05) is 36.2 Å². The number of likely N-dealkylation sites (tertiary alicyclic amines) is 1. The molecule has 25 heavy (non-hydrogen) atoms. The Kier molecular flexibility index (Phi) is 5.38. The fourth-order valence-electron chi connectivity index (χ4n) is 3.46. The third-order valence-corrected chi connectivity index (χ3v) is 4.93. The van der Waals surface area contributed by atoms with Crippen LogP contribution in [0, 0.1) is 0 Å². The second-order valence-electron chi connectivity index (χ2n) is 6.76. The molecular formula is C19H27N5O. The number of carbonyl (C=O) groups is 1. The average Bonchev–Trinajstić information content (AvgIpc) is 3.11. The van der Waals surface area contributed by atoms with Crippen molar-refractivity contribution in [1.29, 1.82) is 0 Å². The van der Waals surface area contributed by atoms with Gasteiger partial charge in [0.2, 0.25) is 0 Å². The third-order valence-electron chi connectivity index (χ3n) is 4.93. The Bertz CT molecular complexity index is 718. The molecule has 2 aromatic rings. The van der Waals surface area contributed by atoms with Crippen LogP contribution in [0.5, 0.6) is 0 Å². The summed E-state index contributed by atoms with van der Waals surface area (Å²) in [5.74, 6) is 0. The molecule has 1 amide bonds. The molecule has 134 valence electrons. The number of benzene rings is 1. The largest absolute Gasteiger partial charge is 0.399 e. The molecule has 1 fully saturated rings. The molecule has 6 heteroatoms. The number of imidazole rings is 1. The Morgan fingerprint density at radius 1 is 1.36 bits per heavy atom. The van der Waals surface area contributed by atoms with Crippen molar-refractivity contribution >= 4 is 11.7 Å². The number of nitrogen functional groups attached to an aromatic ring is 1. The van der Waals surface area contributed by atoms with Crippen LogP contribution in [0.3, 0.4) is 0 Å². The van der Waals surface area contributed by atoms with Crippen LogP contribution in [-0.2, 0) is 0 Å². The second-order valence-corrected chi connectivity index (χ2v) is 6.76. The third kappa shape index (κ3) is 4.02. The van der Waals surface area contributed by atoms with Crippen molar-refractivity contribution in [2.24, 2.45) is 0 Å². The molecule has 0 bridgehead atoms. The van der Waals surface area contributed by atoms with Crippen LogP contribution < -0.4 is 5.73 Å². The summed E-state index contributed by atoms with van der Waals surface area (Å²) in [7, 11) is 1.89. The zero-order valence-corrected chi connectivity index (χ0v) is 15.1. The van der Waals surface area contributed by atoms with Crippen LogP contribution in [-0.4, -0.2) is 58.1 Å². The lowest BCUT2D eigenvalue weighted by Gasteiger charge is -2.36. The summed E-state index contributed by atoms with van der Waals surface area (Å²) in [5.41, 5.74) is 8.19. The number of nitrogens with two attached hydrogens (primary N) is 1. The molecule has 2 heterocycles. The monoisotopic (exact) mass is 341 g/mol. The van der Waals surface area contributed by atoms with Crippen LogP contribution >= 0.6 is 0 Å². The first kappa shape index (κ1) is 17.5. The van der Waals surface area contributed by atoms with E-state index in [2.05, 4.69) is 16.8 Å². The number of hydrogen-bond donors (Lipinski definition) is 1. The van der Waals surface area contributed by atoms with Gasteiger partial charge >= 0.3 is 6.03 Å². The van der Waals surface area contributed by atoms with Crippen molar-refractivity contribution in [2.75, 3.05) is 32.4 Å². The highest BCUT2D eigenvalue weighted by Gasteiger charge is 2.26. The SMILES string of the molecule is CCCN1CCC(N(C)C(=O)n2cnc(-c3cccc(N)c3)c2)CC1. The van der Waals surface area contributed by atoms with Crippen molar-refractivity contribution in [3.63, 3.8) is 0 Å². The van der Waals surface area contributed by atoms with Crippen molar-refractivity contribution in [3.8, 4) is 11.3 Å². The zero-order chi connectivity index (χ0) is 17.8.